The monoisotopic (exact) mass is 420 g/mol. The molecular formula is C26H29FN2O2. The van der Waals surface area contributed by atoms with E-state index in [9.17, 15) is 14.0 Å². The van der Waals surface area contributed by atoms with Gasteiger partial charge in [0.15, 0.2) is 0 Å². The molecule has 4 rings (SSSR count). The van der Waals surface area contributed by atoms with Crippen LogP contribution in [0.4, 0.5) is 4.39 Å². The average Bonchev–Trinajstić information content (AvgIpc) is 2.87. The smallest absolute Gasteiger partial charge is 0.228 e. The first-order chi connectivity index (χ1) is 15.1. The molecule has 2 aliphatic rings. The van der Waals surface area contributed by atoms with E-state index in [0.29, 0.717) is 32.6 Å². The molecule has 2 aromatic carbocycles. The Labute approximate surface area is 183 Å². The van der Waals surface area contributed by atoms with Crippen LogP contribution in [0.3, 0.4) is 0 Å². The van der Waals surface area contributed by atoms with Gasteiger partial charge in [0.05, 0.1) is 5.92 Å². The Balaban J connectivity index is 1.62. The van der Waals surface area contributed by atoms with Crippen LogP contribution in [0.2, 0.25) is 0 Å². The zero-order valence-corrected chi connectivity index (χ0v) is 17.8. The van der Waals surface area contributed by atoms with E-state index < -0.39 is 0 Å². The van der Waals surface area contributed by atoms with E-state index in [2.05, 4.69) is 6.58 Å². The fraction of sp³-hybridized carbons (Fsp3) is 0.385. The van der Waals surface area contributed by atoms with Gasteiger partial charge in [0, 0.05) is 32.1 Å². The lowest BCUT2D eigenvalue weighted by molar-refractivity contribution is -0.138. The summed E-state index contributed by atoms with van der Waals surface area (Å²) in [5.74, 6) is -0.268. The van der Waals surface area contributed by atoms with E-state index >= 15 is 0 Å². The van der Waals surface area contributed by atoms with E-state index in [4.69, 9.17) is 0 Å². The number of amides is 2. The maximum atomic E-state index is 13.8. The van der Waals surface area contributed by atoms with Crippen LogP contribution in [0.5, 0.6) is 0 Å². The summed E-state index contributed by atoms with van der Waals surface area (Å²) in [6.07, 6.45) is 5.25. The fourth-order valence-electron chi connectivity index (χ4n) is 4.55. The predicted molar refractivity (Wildman–Crippen MR) is 120 cm³/mol. The van der Waals surface area contributed by atoms with Gasteiger partial charge in [-0.05, 0) is 48.1 Å². The Morgan fingerprint density at radius 3 is 2.65 bits per heavy atom. The van der Waals surface area contributed by atoms with Crippen molar-refractivity contribution in [2.45, 2.75) is 25.7 Å². The molecule has 0 N–H and O–H groups in total. The molecule has 1 saturated carbocycles. The maximum Gasteiger partial charge on any atom is 0.228 e. The van der Waals surface area contributed by atoms with Crippen molar-refractivity contribution in [1.82, 2.24) is 9.80 Å². The van der Waals surface area contributed by atoms with Crippen molar-refractivity contribution in [1.29, 1.82) is 0 Å². The van der Waals surface area contributed by atoms with Crippen LogP contribution >= 0.6 is 0 Å². The quantitative estimate of drug-likeness (QED) is 0.654. The van der Waals surface area contributed by atoms with E-state index in [1.165, 1.54) is 12.1 Å². The van der Waals surface area contributed by atoms with Crippen LogP contribution in [0.1, 0.15) is 24.8 Å². The summed E-state index contributed by atoms with van der Waals surface area (Å²) in [5.41, 5.74) is 2.70. The predicted octanol–water partition coefficient (Wildman–Crippen LogP) is 4.31. The molecule has 5 heteroatoms. The van der Waals surface area contributed by atoms with Crippen molar-refractivity contribution in [3.8, 4) is 11.1 Å². The standard InChI is InChI=1S/C26H29FN2O2/c1-2-13-28-14-15-29(25(30)19-8-5-9-19)18-22(26(28)31)16-20-7-3-4-12-24(20)21-10-6-11-23(27)17-21/h2-4,6-7,10-12,17,19,22H,1,5,8-9,13-16,18H2/t22-/m1/s1. The minimum absolute atomic E-state index is 0.0536. The van der Waals surface area contributed by atoms with E-state index in [1.54, 1.807) is 17.0 Å². The van der Waals surface area contributed by atoms with E-state index in [-0.39, 0.29) is 29.5 Å². The Bertz CT molecular complexity index is 969. The third kappa shape index (κ3) is 4.71. The zero-order valence-electron chi connectivity index (χ0n) is 17.8. The third-order valence-electron chi connectivity index (χ3n) is 6.48. The first-order valence-electron chi connectivity index (χ1n) is 11.1. The first kappa shape index (κ1) is 21.3. The SMILES string of the molecule is C=CCN1CCN(C(=O)C2CCC2)C[C@@H](Cc2ccccc2-c2cccc(F)c2)C1=O. The molecule has 1 saturated heterocycles. The van der Waals surface area contributed by atoms with Crippen molar-refractivity contribution in [2.24, 2.45) is 11.8 Å². The van der Waals surface area contributed by atoms with Gasteiger partial charge in [-0.2, -0.15) is 0 Å². The summed E-state index contributed by atoms with van der Waals surface area (Å²) in [6, 6.07) is 14.4. The zero-order chi connectivity index (χ0) is 21.8. The van der Waals surface area contributed by atoms with Gasteiger partial charge in [-0.3, -0.25) is 9.59 Å². The second-order valence-electron chi connectivity index (χ2n) is 8.55. The van der Waals surface area contributed by atoms with Crippen LogP contribution in [0.25, 0.3) is 11.1 Å². The van der Waals surface area contributed by atoms with Gasteiger partial charge in [0.25, 0.3) is 0 Å². The maximum absolute atomic E-state index is 13.8. The fourth-order valence-corrected chi connectivity index (χ4v) is 4.55. The second-order valence-corrected chi connectivity index (χ2v) is 8.55. The Hall–Kier alpha value is -2.95. The lowest BCUT2D eigenvalue weighted by Gasteiger charge is -2.32. The van der Waals surface area contributed by atoms with E-state index in [1.807, 2.05) is 35.2 Å². The molecule has 0 radical (unpaired) electrons. The van der Waals surface area contributed by atoms with Crippen molar-refractivity contribution in [3.05, 3.63) is 72.6 Å². The largest absolute Gasteiger partial charge is 0.340 e. The molecule has 0 unspecified atom stereocenters. The van der Waals surface area contributed by atoms with Crippen LogP contribution < -0.4 is 0 Å². The minimum atomic E-state index is -0.332. The minimum Gasteiger partial charge on any atom is -0.340 e. The highest BCUT2D eigenvalue weighted by Gasteiger charge is 2.36. The number of hydrogen-bond donors (Lipinski definition) is 0. The lowest BCUT2D eigenvalue weighted by atomic mass is 9.84. The number of benzene rings is 2. The molecule has 162 valence electrons. The molecule has 2 amide bonds. The van der Waals surface area contributed by atoms with Gasteiger partial charge in [-0.1, -0.05) is 48.9 Å². The number of carbonyl (C=O) groups is 2. The summed E-state index contributed by atoms with van der Waals surface area (Å²) in [7, 11) is 0. The van der Waals surface area contributed by atoms with Gasteiger partial charge in [0.1, 0.15) is 5.82 Å². The molecule has 2 fully saturated rings. The van der Waals surface area contributed by atoms with Gasteiger partial charge in [0.2, 0.25) is 11.8 Å². The van der Waals surface area contributed by atoms with Crippen molar-refractivity contribution in [3.63, 3.8) is 0 Å². The van der Waals surface area contributed by atoms with Gasteiger partial charge < -0.3 is 9.80 Å². The number of halogens is 1. The summed E-state index contributed by atoms with van der Waals surface area (Å²) >= 11 is 0. The van der Waals surface area contributed by atoms with Crippen LogP contribution in [-0.2, 0) is 16.0 Å². The highest BCUT2D eigenvalue weighted by atomic mass is 19.1. The van der Waals surface area contributed by atoms with Crippen molar-refractivity contribution >= 4 is 11.8 Å². The molecule has 0 bridgehead atoms. The second kappa shape index (κ2) is 9.46. The van der Waals surface area contributed by atoms with Crippen LogP contribution in [-0.4, -0.2) is 47.8 Å². The van der Waals surface area contributed by atoms with Crippen molar-refractivity contribution < 1.29 is 14.0 Å². The van der Waals surface area contributed by atoms with E-state index in [0.717, 1.165) is 36.0 Å². The summed E-state index contributed by atoms with van der Waals surface area (Å²) < 4.78 is 13.8. The normalized spacial score (nSPS) is 19.6. The number of hydrogen-bond acceptors (Lipinski definition) is 2. The summed E-state index contributed by atoms with van der Waals surface area (Å²) in [4.78, 5) is 30.0. The number of rotatable bonds is 6. The van der Waals surface area contributed by atoms with Gasteiger partial charge >= 0.3 is 0 Å². The Morgan fingerprint density at radius 2 is 1.94 bits per heavy atom. The topological polar surface area (TPSA) is 40.6 Å². The molecule has 1 aliphatic heterocycles. The van der Waals surface area contributed by atoms with Crippen LogP contribution in [0, 0.1) is 17.7 Å². The van der Waals surface area contributed by atoms with Gasteiger partial charge in [-0.25, -0.2) is 4.39 Å². The third-order valence-corrected chi connectivity index (χ3v) is 6.48. The number of nitrogens with zero attached hydrogens (tertiary/aromatic N) is 2. The summed E-state index contributed by atoms with van der Waals surface area (Å²) in [6.45, 7) is 5.79. The molecule has 31 heavy (non-hydrogen) atoms. The first-order valence-corrected chi connectivity index (χ1v) is 11.1. The highest BCUT2D eigenvalue weighted by Crippen LogP contribution is 2.31. The molecule has 0 spiro atoms. The molecule has 2 aromatic rings. The highest BCUT2D eigenvalue weighted by molar-refractivity contribution is 5.84. The summed E-state index contributed by atoms with van der Waals surface area (Å²) in [5, 5.41) is 0. The van der Waals surface area contributed by atoms with Gasteiger partial charge in [-0.15, -0.1) is 6.58 Å². The molecule has 1 heterocycles. The number of carbonyl (C=O) groups excluding carboxylic acids is 2. The van der Waals surface area contributed by atoms with Crippen molar-refractivity contribution in [2.75, 3.05) is 26.2 Å². The Morgan fingerprint density at radius 1 is 1.13 bits per heavy atom. The average molecular weight is 421 g/mol. The molecule has 1 aliphatic carbocycles. The van der Waals surface area contributed by atoms with Crippen LogP contribution in [0.15, 0.2) is 61.2 Å². The lowest BCUT2D eigenvalue weighted by Crippen LogP contribution is -2.42. The molecular weight excluding hydrogens is 391 g/mol. The Kier molecular flexibility index (Phi) is 6.50. The molecule has 4 nitrogen and oxygen atoms in total. The molecule has 0 aromatic heterocycles. The molecule has 1 atom stereocenters.